The fourth-order valence-corrected chi connectivity index (χ4v) is 5.58. The topological polar surface area (TPSA) is 62.1 Å². The summed E-state index contributed by atoms with van der Waals surface area (Å²) in [5.74, 6) is 0.650. The maximum absolute atomic E-state index is 6.51. The van der Waals surface area contributed by atoms with Crippen molar-refractivity contribution in [2.24, 2.45) is 10.2 Å². The minimum absolute atomic E-state index is 0.327. The van der Waals surface area contributed by atoms with Crippen molar-refractivity contribution in [1.82, 2.24) is 10.3 Å². The lowest BCUT2D eigenvalue weighted by atomic mass is 10.0. The molecule has 1 N–H and O–H groups in total. The van der Waals surface area contributed by atoms with E-state index in [1.165, 1.54) is 0 Å². The Kier molecular flexibility index (Phi) is 8.78. The van der Waals surface area contributed by atoms with E-state index in [-0.39, 0.29) is 0 Å². The molecule has 0 aliphatic carbocycles. The van der Waals surface area contributed by atoms with Gasteiger partial charge in [-0.1, -0.05) is 54.9 Å². The van der Waals surface area contributed by atoms with Gasteiger partial charge in [0.1, 0.15) is 11.4 Å². The summed E-state index contributed by atoms with van der Waals surface area (Å²) >= 11 is 6.51. The second-order valence-electron chi connectivity index (χ2n) is 9.99. The average molecular weight is 554 g/mol. The zero-order valence-corrected chi connectivity index (χ0v) is 24.4. The molecule has 6 nitrogen and oxygen atoms in total. The molecular formula is C33H36ClN5O. The fourth-order valence-electron chi connectivity index (χ4n) is 5.41. The maximum atomic E-state index is 6.51. The third kappa shape index (κ3) is 5.74. The molecule has 0 aliphatic heterocycles. The third-order valence-corrected chi connectivity index (χ3v) is 7.66. The number of halogens is 1. The second kappa shape index (κ2) is 12.6. The highest BCUT2D eigenvalue weighted by Gasteiger charge is 2.21. The number of nitrogens with one attached hydrogen (secondary N) is 1. The molecule has 1 atom stereocenters. The Bertz CT molecular complexity index is 1660. The zero-order chi connectivity index (χ0) is 28.1. The number of rotatable bonds is 11. The quantitative estimate of drug-likeness (QED) is 0.101. The normalized spacial score (nSPS) is 12.5. The van der Waals surface area contributed by atoms with Crippen LogP contribution in [0.15, 0.2) is 83.0 Å². The molecule has 5 rings (SSSR count). The number of aromatic nitrogens is 1. The summed E-state index contributed by atoms with van der Waals surface area (Å²) in [7, 11) is 1.67. The third-order valence-electron chi connectivity index (χ3n) is 7.42. The number of anilines is 1. The molecule has 0 radical (unpaired) electrons. The lowest BCUT2D eigenvalue weighted by Crippen LogP contribution is -2.34. The number of pyridine rings is 1. The van der Waals surface area contributed by atoms with Crippen LogP contribution >= 0.6 is 11.6 Å². The van der Waals surface area contributed by atoms with Gasteiger partial charge < -0.3 is 15.0 Å². The van der Waals surface area contributed by atoms with Gasteiger partial charge in [-0.3, -0.25) is 0 Å². The lowest BCUT2D eigenvalue weighted by molar-refractivity contribution is 0.416. The minimum atomic E-state index is 0.327. The van der Waals surface area contributed by atoms with Gasteiger partial charge in [0, 0.05) is 33.8 Å². The molecule has 0 aliphatic rings. The first-order chi connectivity index (χ1) is 19.5. The number of nitrogens with zero attached hydrogens (tertiary/aromatic N) is 4. The molecule has 1 unspecified atom stereocenters. The molecule has 4 aromatic carbocycles. The fraction of sp³-hybridized carbons (Fsp3) is 0.303. The minimum Gasteiger partial charge on any atom is -0.494 e. The Morgan fingerprint density at radius 3 is 2.48 bits per heavy atom. The van der Waals surface area contributed by atoms with E-state index < -0.39 is 0 Å². The molecule has 0 saturated heterocycles. The van der Waals surface area contributed by atoms with E-state index in [1.54, 1.807) is 7.11 Å². The lowest BCUT2D eigenvalue weighted by Gasteiger charge is -2.32. The molecule has 0 spiro atoms. The van der Waals surface area contributed by atoms with E-state index in [2.05, 4.69) is 59.4 Å². The van der Waals surface area contributed by atoms with Gasteiger partial charge in [-0.25, -0.2) is 4.98 Å². The van der Waals surface area contributed by atoms with Gasteiger partial charge >= 0.3 is 0 Å². The van der Waals surface area contributed by atoms with E-state index in [0.717, 1.165) is 76.4 Å². The van der Waals surface area contributed by atoms with Crippen LogP contribution < -0.4 is 15.0 Å². The van der Waals surface area contributed by atoms with Gasteiger partial charge in [-0.05, 0) is 81.6 Å². The maximum Gasteiger partial charge on any atom is 0.147 e. The summed E-state index contributed by atoms with van der Waals surface area (Å²) < 4.78 is 5.85. The highest BCUT2D eigenvalue weighted by Crippen LogP contribution is 2.42. The van der Waals surface area contributed by atoms with Crippen LogP contribution in [-0.2, 0) is 0 Å². The van der Waals surface area contributed by atoms with Crippen LogP contribution in [0, 0.1) is 0 Å². The first-order valence-corrected chi connectivity index (χ1v) is 14.4. The Labute approximate surface area is 241 Å². The van der Waals surface area contributed by atoms with Crippen molar-refractivity contribution in [2.45, 2.75) is 39.7 Å². The number of azo groups is 1. The molecular weight excluding hydrogens is 518 g/mol. The van der Waals surface area contributed by atoms with Crippen molar-refractivity contribution in [1.29, 1.82) is 0 Å². The highest BCUT2D eigenvalue weighted by molar-refractivity contribution is 6.31. The van der Waals surface area contributed by atoms with Gasteiger partial charge in [0.2, 0.25) is 0 Å². The molecule has 40 heavy (non-hydrogen) atoms. The second-order valence-corrected chi connectivity index (χ2v) is 10.4. The van der Waals surface area contributed by atoms with Crippen LogP contribution in [0.2, 0.25) is 5.02 Å². The first-order valence-electron chi connectivity index (χ1n) is 14.0. The van der Waals surface area contributed by atoms with E-state index >= 15 is 0 Å². The van der Waals surface area contributed by atoms with Crippen LogP contribution in [0.1, 0.15) is 33.6 Å². The zero-order valence-electron chi connectivity index (χ0n) is 23.6. The van der Waals surface area contributed by atoms with Crippen molar-refractivity contribution in [2.75, 3.05) is 31.6 Å². The van der Waals surface area contributed by atoms with E-state index in [1.807, 2.05) is 54.6 Å². The summed E-state index contributed by atoms with van der Waals surface area (Å²) in [5, 5.41) is 17.6. The SMILES string of the molecule is CCNCCCC(C)N(CC)c1c2cc(Cl)ccc2nc2cc(/N=N/c3cccc4ccccc34)c(OC)cc12. The van der Waals surface area contributed by atoms with Gasteiger partial charge in [-0.15, -0.1) is 10.2 Å². The molecule has 0 fully saturated rings. The number of hydrogen-bond donors (Lipinski definition) is 1. The summed E-state index contributed by atoms with van der Waals surface area (Å²) in [6.45, 7) is 9.50. The summed E-state index contributed by atoms with van der Waals surface area (Å²) in [6, 6.07) is 24.5. The Balaban J connectivity index is 1.63. The van der Waals surface area contributed by atoms with Crippen molar-refractivity contribution in [3.05, 3.63) is 77.8 Å². The number of ether oxygens (including phenoxy) is 1. The van der Waals surface area contributed by atoms with Crippen LogP contribution in [-0.4, -0.2) is 37.8 Å². The van der Waals surface area contributed by atoms with E-state index in [9.17, 15) is 0 Å². The van der Waals surface area contributed by atoms with Gasteiger partial charge in [-0.2, -0.15) is 0 Å². The van der Waals surface area contributed by atoms with Crippen LogP contribution in [0.5, 0.6) is 5.75 Å². The Morgan fingerprint density at radius 1 is 0.900 bits per heavy atom. The molecule has 206 valence electrons. The summed E-state index contributed by atoms with van der Waals surface area (Å²) in [5.41, 5.74) is 4.31. The van der Waals surface area contributed by atoms with Crippen molar-refractivity contribution in [3.63, 3.8) is 0 Å². The van der Waals surface area contributed by atoms with Crippen LogP contribution in [0.25, 0.3) is 32.6 Å². The van der Waals surface area contributed by atoms with Crippen LogP contribution in [0.4, 0.5) is 17.1 Å². The van der Waals surface area contributed by atoms with E-state index in [4.69, 9.17) is 21.3 Å². The largest absolute Gasteiger partial charge is 0.494 e. The smallest absolute Gasteiger partial charge is 0.147 e. The molecule has 0 bridgehead atoms. The number of benzene rings is 4. The highest BCUT2D eigenvalue weighted by atomic mass is 35.5. The number of hydrogen-bond acceptors (Lipinski definition) is 6. The van der Waals surface area contributed by atoms with Crippen molar-refractivity contribution < 1.29 is 4.74 Å². The molecule has 1 heterocycles. The first kappa shape index (κ1) is 27.8. The molecule has 0 amide bonds. The number of methoxy groups -OCH3 is 1. The molecule has 5 aromatic rings. The predicted octanol–water partition coefficient (Wildman–Crippen LogP) is 9.22. The predicted molar refractivity (Wildman–Crippen MR) is 169 cm³/mol. The standard InChI is InChI=1S/C33H36ClN5O/c1-5-35-18-10-11-22(3)39(6-2)33-26-19-24(34)16-17-28(26)36-30-21-31(32(40-4)20-27(30)33)38-37-29-15-9-13-23-12-7-8-14-25(23)29/h7-9,12-17,19-22,35H,5-6,10-11,18H2,1-4H3/b38-37+. The molecule has 1 aromatic heterocycles. The van der Waals surface area contributed by atoms with Gasteiger partial charge in [0.05, 0.1) is 29.5 Å². The Morgan fingerprint density at radius 2 is 1.68 bits per heavy atom. The van der Waals surface area contributed by atoms with Crippen molar-refractivity contribution in [3.8, 4) is 5.75 Å². The average Bonchev–Trinajstić information content (AvgIpc) is 2.98. The van der Waals surface area contributed by atoms with E-state index in [0.29, 0.717) is 22.5 Å². The van der Waals surface area contributed by atoms with Crippen LogP contribution in [0.3, 0.4) is 0 Å². The number of fused-ring (bicyclic) bond motifs is 3. The monoisotopic (exact) mass is 553 g/mol. The Hall–Kier alpha value is -3.74. The summed E-state index contributed by atoms with van der Waals surface area (Å²) in [6.07, 6.45) is 2.18. The van der Waals surface area contributed by atoms with Gasteiger partial charge in [0.25, 0.3) is 0 Å². The molecule has 0 saturated carbocycles. The van der Waals surface area contributed by atoms with Gasteiger partial charge in [0.15, 0.2) is 0 Å². The van der Waals surface area contributed by atoms with Crippen molar-refractivity contribution >= 4 is 61.2 Å². The summed E-state index contributed by atoms with van der Waals surface area (Å²) in [4.78, 5) is 7.49. The molecule has 7 heteroatoms.